The van der Waals surface area contributed by atoms with Crippen molar-refractivity contribution in [2.45, 2.75) is 26.9 Å². The first-order valence-corrected chi connectivity index (χ1v) is 7.68. The summed E-state index contributed by atoms with van der Waals surface area (Å²) in [5.74, 6) is 0.534. The maximum atomic E-state index is 12.2. The SMILES string of the molecule is CCCOC(=O)c1cccc(OC)c1OCc1cccc(C)c1. The molecule has 2 aromatic carbocycles. The maximum Gasteiger partial charge on any atom is 0.342 e. The number of carbonyl (C=O) groups excluding carboxylic acids is 1. The third-order valence-corrected chi connectivity index (χ3v) is 3.32. The van der Waals surface area contributed by atoms with Gasteiger partial charge >= 0.3 is 5.97 Å². The van der Waals surface area contributed by atoms with Gasteiger partial charge in [0.2, 0.25) is 0 Å². The highest BCUT2D eigenvalue weighted by Crippen LogP contribution is 2.32. The van der Waals surface area contributed by atoms with E-state index in [4.69, 9.17) is 14.2 Å². The molecule has 0 unspecified atom stereocenters. The molecule has 0 radical (unpaired) electrons. The van der Waals surface area contributed by atoms with E-state index in [-0.39, 0.29) is 0 Å². The Kier molecular flexibility index (Phi) is 6.03. The molecule has 2 aromatic rings. The van der Waals surface area contributed by atoms with E-state index < -0.39 is 5.97 Å². The van der Waals surface area contributed by atoms with Gasteiger partial charge in [0.15, 0.2) is 11.5 Å². The van der Waals surface area contributed by atoms with Crippen LogP contribution in [0, 0.1) is 6.92 Å². The molecular weight excluding hydrogens is 292 g/mol. The van der Waals surface area contributed by atoms with E-state index in [0.717, 1.165) is 17.5 Å². The summed E-state index contributed by atoms with van der Waals surface area (Å²) in [5, 5.41) is 0. The molecule has 4 heteroatoms. The minimum atomic E-state index is -0.398. The monoisotopic (exact) mass is 314 g/mol. The van der Waals surface area contributed by atoms with E-state index in [0.29, 0.717) is 30.3 Å². The molecule has 4 nitrogen and oxygen atoms in total. The molecule has 0 aliphatic rings. The fraction of sp³-hybridized carbons (Fsp3) is 0.316. The fourth-order valence-corrected chi connectivity index (χ4v) is 2.22. The van der Waals surface area contributed by atoms with Gasteiger partial charge in [-0.1, -0.05) is 42.8 Å². The van der Waals surface area contributed by atoms with Crippen LogP contribution in [-0.2, 0) is 11.3 Å². The van der Waals surface area contributed by atoms with Crippen LogP contribution in [0.4, 0.5) is 0 Å². The number of hydrogen-bond donors (Lipinski definition) is 0. The summed E-state index contributed by atoms with van der Waals surface area (Å²) in [7, 11) is 1.55. The summed E-state index contributed by atoms with van der Waals surface area (Å²) < 4.78 is 16.4. The fourth-order valence-electron chi connectivity index (χ4n) is 2.22. The largest absolute Gasteiger partial charge is 0.493 e. The summed E-state index contributed by atoms with van der Waals surface area (Å²) in [5.41, 5.74) is 2.57. The maximum absolute atomic E-state index is 12.2. The van der Waals surface area contributed by atoms with Gasteiger partial charge in [-0.2, -0.15) is 0 Å². The average Bonchev–Trinajstić information content (AvgIpc) is 2.57. The zero-order chi connectivity index (χ0) is 16.7. The lowest BCUT2D eigenvalue weighted by Gasteiger charge is -2.14. The van der Waals surface area contributed by atoms with E-state index in [9.17, 15) is 4.79 Å². The first-order valence-electron chi connectivity index (χ1n) is 7.68. The predicted molar refractivity (Wildman–Crippen MR) is 89.1 cm³/mol. The summed E-state index contributed by atoms with van der Waals surface area (Å²) >= 11 is 0. The van der Waals surface area contributed by atoms with Crippen LogP contribution in [0.1, 0.15) is 34.8 Å². The van der Waals surface area contributed by atoms with Gasteiger partial charge < -0.3 is 14.2 Å². The Balaban J connectivity index is 2.22. The summed E-state index contributed by atoms with van der Waals surface area (Å²) in [6, 6.07) is 13.2. The lowest BCUT2D eigenvalue weighted by molar-refractivity contribution is 0.0499. The Morgan fingerprint density at radius 2 is 1.91 bits per heavy atom. The lowest BCUT2D eigenvalue weighted by Crippen LogP contribution is -2.09. The molecule has 0 amide bonds. The first kappa shape index (κ1) is 16.9. The van der Waals surface area contributed by atoms with E-state index in [1.165, 1.54) is 0 Å². The van der Waals surface area contributed by atoms with E-state index in [1.54, 1.807) is 25.3 Å². The minimum absolute atomic E-state index is 0.357. The number of benzene rings is 2. The number of esters is 1. The third kappa shape index (κ3) is 4.49. The van der Waals surface area contributed by atoms with Crippen molar-refractivity contribution < 1.29 is 19.0 Å². The summed E-state index contributed by atoms with van der Waals surface area (Å²) in [6.45, 7) is 4.72. The molecule has 0 fully saturated rings. The second-order valence-corrected chi connectivity index (χ2v) is 5.25. The molecule has 23 heavy (non-hydrogen) atoms. The Morgan fingerprint density at radius 3 is 2.61 bits per heavy atom. The Labute approximate surface area is 137 Å². The topological polar surface area (TPSA) is 44.8 Å². The third-order valence-electron chi connectivity index (χ3n) is 3.32. The van der Waals surface area contributed by atoms with Crippen molar-refractivity contribution in [2.75, 3.05) is 13.7 Å². The van der Waals surface area contributed by atoms with Crippen LogP contribution in [0.2, 0.25) is 0 Å². The molecule has 0 N–H and O–H groups in total. The molecule has 0 saturated heterocycles. The van der Waals surface area contributed by atoms with Crippen LogP contribution in [0.25, 0.3) is 0 Å². The second kappa shape index (κ2) is 8.22. The molecule has 2 rings (SSSR count). The standard InChI is InChI=1S/C19H22O4/c1-4-11-22-19(20)16-9-6-10-17(21-3)18(16)23-13-15-8-5-7-14(2)12-15/h5-10,12H,4,11,13H2,1-3H3. The van der Waals surface area contributed by atoms with Crippen LogP contribution in [0.15, 0.2) is 42.5 Å². The van der Waals surface area contributed by atoms with E-state index in [2.05, 4.69) is 0 Å². The van der Waals surface area contributed by atoms with Crippen molar-refractivity contribution >= 4 is 5.97 Å². The second-order valence-electron chi connectivity index (χ2n) is 5.25. The van der Waals surface area contributed by atoms with Crippen molar-refractivity contribution in [2.24, 2.45) is 0 Å². The van der Waals surface area contributed by atoms with Crippen molar-refractivity contribution in [3.8, 4) is 11.5 Å². The first-order chi connectivity index (χ1) is 11.2. The number of aryl methyl sites for hydroxylation is 1. The van der Waals surface area contributed by atoms with Crippen LogP contribution in [-0.4, -0.2) is 19.7 Å². The van der Waals surface area contributed by atoms with E-state index >= 15 is 0 Å². The van der Waals surface area contributed by atoms with Crippen LogP contribution in [0.5, 0.6) is 11.5 Å². The Morgan fingerprint density at radius 1 is 1.13 bits per heavy atom. The van der Waals surface area contributed by atoms with Crippen molar-refractivity contribution in [3.05, 3.63) is 59.2 Å². The molecule has 0 bridgehead atoms. The predicted octanol–water partition coefficient (Wildman–Crippen LogP) is 4.15. The van der Waals surface area contributed by atoms with Crippen molar-refractivity contribution in [1.29, 1.82) is 0 Å². The number of hydrogen-bond acceptors (Lipinski definition) is 4. The van der Waals surface area contributed by atoms with Gasteiger partial charge in [-0.3, -0.25) is 0 Å². The number of rotatable bonds is 7. The van der Waals surface area contributed by atoms with Crippen LogP contribution in [0.3, 0.4) is 0 Å². The molecule has 122 valence electrons. The number of ether oxygens (including phenoxy) is 3. The van der Waals surface area contributed by atoms with Gasteiger partial charge in [0.1, 0.15) is 12.2 Å². The van der Waals surface area contributed by atoms with Crippen molar-refractivity contribution in [1.82, 2.24) is 0 Å². The zero-order valence-corrected chi connectivity index (χ0v) is 13.8. The number of para-hydroxylation sites is 1. The summed E-state index contributed by atoms with van der Waals surface area (Å²) in [4.78, 5) is 12.2. The molecular formula is C19H22O4. The highest BCUT2D eigenvalue weighted by atomic mass is 16.5. The molecule has 0 aliphatic heterocycles. The van der Waals surface area contributed by atoms with Gasteiger partial charge in [-0.15, -0.1) is 0 Å². The normalized spacial score (nSPS) is 10.2. The average molecular weight is 314 g/mol. The minimum Gasteiger partial charge on any atom is -0.493 e. The highest BCUT2D eigenvalue weighted by Gasteiger charge is 2.18. The zero-order valence-electron chi connectivity index (χ0n) is 13.8. The quantitative estimate of drug-likeness (QED) is 0.720. The molecule has 0 aromatic heterocycles. The molecule has 0 aliphatic carbocycles. The van der Waals surface area contributed by atoms with E-state index in [1.807, 2.05) is 38.1 Å². The van der Waals surface area contributed by atoms with Crippen LogP contribution < -0.4 is 9.47 Å². The van der Waals surface area contributed by atoms with Gasteiger partial charge in [-0.25, -0.2) is 4.79 Å². The lowest BCUT2D eigenvalue weighted by atomic mass is 10.1. The molecule has 0 spiro atoms. The Bertz CT molecular complexity index is 664. The smallest absolute Gasteiger partial charge is 0.342 e. The van der Waals surface area contributed by atoms with Gasteiger partial charge in [0.25, 0.3) is 0 Å². The Hall–Kier alpha value is -2.49. The molecule has 0 heterocycles. The number of carbonyl (C=O) groups is 1. The van der Waals surface area contributed by atoms with Gasteiger partial charge in [-0.05, 0) is 31.0 Å². The van der Waals surface area contributed by atoms with Gasteiger partial charge in [0, 0.05) is 0 Å². The number of methoxy groups -OCH3 is 1. The van der Waals surface area contributed by atoms with Crippen LogP contribution >= 0.6 is 0 Å². The molecule has 0 saturated carbocycles. The highest BCUT2D eigenvalue weighted by molar-refractivity contribution is 5.93. The van der Waals surface area contributed by atoms with Gasteiger partial charge in [0.05, 0.1) is 13.7 Å². The molecule has 0 atom stereocenters. The summed E-state index contributed by atoms with van der Waals surface area (Å²) in [6.07, 6.45) is 0.773. The van der Waals surface area contributed by atoms with Crippen molar-refractivity contribution in [3.63, 3.8) is 0 Å².